The van der Waals surface area contributed by atoms with Crippen LogP contribution in [0.2, 0.25) is 0 Å². The van der Waals surface area contributed by atoms with E-state index in [0.29, 0.717) is 36.6 Å². The van der Waals surface area contributed by atoms with Crippen LogP contribution in [0.5, 0.6) is 0 Å². The van der Waals surface area contributed by atoms with Crippen molar-refractivity contribution in [3.8, 4) is 0 Å². The third-order valence-corrected chi connectivity index (χ3v) is 4.50. The van der Waals surface area contributed by atoms with E-state index in [1.807, 2.05) is 25.7 Å². The molecule has 0 saturated heterocycles. The molecule has 0 fully saturated rings. The Morgan fingerprint density at radius 2 is 2.12 bits per heavy atom. The summed E-state index contributed by atoms with van der Waals surface area (Å²) in [6, 6.07) is 3.53. The number of nitro benzene ring substituents is 1. The lowest BCUT2D eigenvalue weighted by Gasteiger charge is -2.29. The molecule has 0 aliphatic carbocycles. The molecule has 1 aromatic heterocycles. The van der Waals surface area contributed by atoms with Gasteiger partial charge in [0.25, 0.3) is 11.2 Å². The van der Waals surface area contributed by atoms with Gasteiger partial charge in [-0.3, -0.25) is 19.8 Å². The Balaban J connectivity index is 1.87. The second kappa shape index (κ2) is 6.60. The SMILES string of the molecule is CC(C)(C)c1nc2c(c(=O)[nH]1)CCN(Cc1cc([N+](=O)[O-])ccc1F)C2. The van der Waals surface area contributed by atoms with Crippen LogP contribution in [0.3, 0.4) is 0 Å². The van der Waals surface area contributed by atoms with Gasteiger partial charge in [-0.05, 0) is 12.5 Å². The van der Waals surface area contributed by atoms with Crippen molar-refractivity contribution in [2.24, 2.45) is 0 Å². The molecule has 26 heavy (non-hydrogen) atoms. The predicted molar refractivity (Wildman–Crippen MR) is 94.4 cm³/mol. The number of aromatic nitrogens is 2. The summed E-state index contributed by atoms with van der Waals surface area (Å²) in [5, 5.41) is 10.9. The highest BCUT2D eigenvalue weighted by Gasteiger charge is 2.25. The summed E-state index contributed by atoms with van der Waals surface area (Å²) >= 11 is 0. The molecular weight excluding hydrogens is 339 g/mol. The highest BCUT2D eigenvalue weighted by molar-refractivity contribution is 5.35. The van der Waals surface area contributed by atoms with E-state index in [1.165, 1.54) is 6.07 Å². The van der Waals surface area contributed by atoms with E-state index in [0.717, 1.165) is 12.1 Å². The number of non-ortho nitro benzene ring substituents is 1. The maximum Gasteiger partial charge on any atom is 0.269 e. The van der Waals surface area contributed by atoms with E-state index < -0.39 is 10.7 Å². The average Bonchev–Trinajstić information content (AvgIpc) is 2.55. The molecule has 0 radical (unpaired) electrons. The van der Waals surface area contributed by atoms with E-state index >= 15 is 0 Å². The fraction of sp³-hybridized carbons (Fsp3) is 0.444. The number of nitro groups is 1. The van der Waals surface area contributed by atoms with Crippen LogP contribution in [0, 0.1) is 15.9 Å². The van der Waals surface area contributed by atoms with Crippen LogP contribution in [0.4, 0.5) is 10.1 Å². The monoisotopic (exact) mass is 360 g/mol. The number of rotatable bonds is 3. The number of nitrogens with one attached hydrogen (secondary N) is 1. The molecule has 1 N–H and O–H groups in total. The summed E-state index contributed by atoms with van der Waals surface area (Å²) in [6.07, 6.45) is 0.513. The summed E-state index contributed by atoms with van der Waals surface area (Å²) < 4.78 is 14.0. The Morgan fingerprint density at radius 3 is 2.77 bits per heavy atom. The van der Waals surface area contributed by atoms with Crippen molar-refractivity contribution in [1.29, 1.82) is 0 Å². The zero-order valence-corrected chi connectivity index (χ0v) is 15.0. The molecule has 1 aliphatic heterocycles. The van der Waals surface area contributed by atoms with Gasteiger partial charge >= 0.3 is 0 Å². The number of hydrogen-bond donors (Lipinski definition) is 1. The lowest BCUT2D eigenvalue weighted by atomic mass is 9.95. The van der Waals surface area contributed by atoms with Crippen LogP contribution in [0.15, 0.2) is 23.0 Å². The normalized spacial score (nSPS) is 14.9. The molecule has 8 heteroatoms. The van der Waals surface area contributed by atoms with Crippen LogP contribution in [-0.4, -0.2) is 26.3 Å². The molecule has 0 atom stereocenters. The molecule has 1 aromatic carbocycles. The number of aromatic amines is 1. The van der Waals surface area contributed by atoms with E-state index in [4.69, 9.17) is 0 Å². The van der Waals surface area contributed by atoms with Crippen molar-refractivity contribution in [2.45, 2.75) is 45.7 Å². The highest BCUT2D eigenvalue weighted by atomic mass is 19.1. The molecule has 0 amide bonds. The standard InChI is InChI=1S/C18H21FN4O3/c1-18(2,3)17-20-15-10-22(7-6-13(15)16(24)21-17)9-11-8-12(23(25)26)4-5-14(11)19/h4-5,8H,6-7,9-10H2,1-3H3,(H,20,21,24). The quantitative estimate of drug-likeness (QED) is 0.671. The summed E-state index contributed by atoms with van der Waals surface area (Å²) in [5.41, 5.74) is 1.07. The fourth-order valence-electron chi connectivity index (χ4n) is 3.02. The predicted octanol–water partition coefficient (Wildman–Crippen LogP) is 2.67. The van der Waals surface area contributed by atoms with Gasteiger partial charge in [-0.15, -0.1) is 0 Å². The van der Waals surface area contributed by atoms with Gasteiger partial charge in [0.2, 0.25) is 0 Å². The Bertz CT molecular complexity index is 918. The van der Waals surface area contributed by atoms with Gasteiger partial charge < -0.3 is 4.98 Å². The van der Waals surface area contributed by atoms with Crippen LogP contribution >= 0.6 is 0 Å². The number of fused-ring (bicyclic) bond motifs is 1. The minimum atomic E-state index is -0.537. The molecule has 7 nitrogen and oxygen atoms in total. The lowest BCUT2D eigenvalue weighted by Crippen LogP contribution is -2.36. The first-order valence-corrected chi connectivity index (χ1v) is 8.43. The van der Waals surface area contributed by atoms with Crippen molar-refractivity contribution < 1.29 is 9.31 Å². The number of nitrogens with zero attached hydrogens (tertiary/aromatic N) is 3. The molecule has 138 valence electrons. The zero-order chi connectivity index (χ0) is 19.1. The van der Waals surface area contributed by atoms with Crippen molar-refractivity contribution in [3.05, 3.63) is 67.1 Å². The average molecular weight is 360 g/mol. The van der Waals surface area contributed by atoms with Crippen molar-refractivity contribution in [3.63, 3.8) is 0 Å². The summed E-state index contributed by atoms with van der Waals surface area (Å²) in [6.45, 7) is 7.11. The summed E-state index contributed by atoms with van der Waals surface area (Å²) in [5.74, 6) is 0.139. The second-order valence-corrected chi connectivity index (χ2v) is 7.58. The maximum atomic E-state index is 14.0. The molecule has 2 heterocycles. The van der Waals surface area contributed by atoms with Crippen LogP contribution in [-0.2, 0) is 24.9 Å². The third-order valence-electron chi connectivity index (χ3n) is 4.50. The molecule has 1 aliphatic rings. The molecule has 2 aromatic rings. The van der Waals surface area contributed by atoms with Gasteiger partial charge in [-0.2, -0.15) is 0 Å². The Morgan fingerprint density at radius 1 is 1.38 bits per heavy atom. The van der Waals surface area contributed by atoms with Crippen LogP contribution < -0.4 is 5.56 Å². The Hall–Kier alpha value is -2.61. The summed E-state index contributed by atoms with van der Waals surface area (Å²) in [4.78, 5) is 32.1. The topological polar surface area (TPSA) is 92.1 Å². The van der Waals surface area contributed by atoms with Gasteiger partial charge in [0.05, 0.1) is 10.6 Å². The van der Waals surface area contributed by atoms with Gasteiger partial charge in [0.15, 0.2) is 0 Å². The van der Waals surface area contributed by atoms with E-state index in [-0.39, 0.29) is 28.8 Å². The minimum Gasteiger partial charge on any atom is -0.310 e. The van der Waals surface area contributed by atoms with Gasteiger partial charge in [-0.1, -0.05) is 20.8 Å². The molecule has 0 spiro atoms. The molecule has 0 unspecified atom stereocenters. The Labute approximate surface area is 150 Å². The second-order valence-electron chi connectivity index (χ2n) is 7.58. The first kappa shape index (κ1) is 18.2. The van der Waals surface area contributed by atoms with Crippen molar-refractivity contribution in [1.82, 2.24) is 14.9 Å². The molecular formula is C18H21FN4O3. The van der Waals surface area contributed by atoms with Gasteiger partial charge in [-0.25, -0.2) is 9.37 Å². The number of H-pyrrole nitrogens is 1. The van der Waals surface area contributed by atoms with E-state index in [9.17, 15) is 19.3 Å². The van der Waals surface area contributed by atoms with Crippen LogP contribution in [0.25, 0.3) is 0 Å². The van der Waals surface area contributed by atoms with Gasteiger partial charge in [0, 0.05) is 48.3 Å². The van der Waals surface area contributed by atoms with Crippen LogP contribution in [0.1, 0.15) is 43.4 Å². The molecule has 0 saturated carbocycles. The number of halogens is 1. The summed E-state index contributed by atoms with van der Waals surface area (Å²) in [7, 11) is 0. The zero-order valence-electron chi connectivity index (χ0n) is 15.0. The Kier molecular flexibility index (Phi) is 4.62. The fourth-order valence-corrected chi connectivity index (χ4v) is 3.02. The lowest BCUT2D eigenvalue weighted by molar-refractivity contribution is -0.385. The first-order valence-electron chi connectivity index (χ1n) is 8.43. The van der Waals surface area contributed by atoms with Crippen molar-refractivity contribution in [2.75, 3.05) is 6.54 Å². The van der Waals surface area contributed by atoms with E-state index in [1.54, 1.807) is 0 Å². The first-order chi connectivity index (χ1) is 12.1. The largest absolute Gasteiger partial charge is 0.310 e. The molecule has 3 rings (SSSR count). The minimum absolute atomic E-state index is 0.124. The number of hydrogen-bond acceptors (Lipinski definition) is 5. The number of benzene rings is 1. The maximum absolute atomic E-state index is 14.0. The molecule has 0 bridgehead atoms. The highest BCUT2D eigenvalue weighted by Crippen LogP contribution is 2.23. The van der Waals surface area contributed by atoms with Crippen molar-refractivity contribution >= 4 is 5.69 Å². The third kappa shape index (κ3) is 3.65. The smallest absolute Gasteiger partial charge is 0.269 e. The van der Waals surface area contributed by atoms with Gasteiger partial charge in [0.1, 0.15) is 11.6 Å². The van der Waals surface area contributed by atoms with E-state index in [2.05, 4.69) is 9.97 Å².